The van der Waals surface area contributed by atoms with Crippen LogP contribution in [0.5, 0.6) is 0 Å². The molecule has 0 saturated carbocycles. The molecule has 2 N–H and O–H groups in total. The Kier molecular flexibility index (Phi) is 7.43. The van der Waals surface area contributed by atoms with Gasteiger partial charge in [-0.3, -0.25) is 25.2 Å². The van der Waals surface area contributed by atoms with E-state index in [1.165, 1.54) is 6.42 Å². The highest BCUT2D eigenvalue weighted by Crippen LogP contribution is 2.14. The number of carbonyl (C=O) groups excluding carboxylic acids is 3. The summed E-state index contributed by atoms with van der Waals surface area (Å²) >= 11 is 3.30. The zero-order valence-electron chi connectivity index (χ0n) is 14.4. The molecular formula is C18H24BrN3O3. The van der Waals surface area contributed by atoms with E-state index in [4.69, 9.17) is 0 Å². The minimum Gasteiger partial charge on any atom is -0.343 e. The van der Waals surface area contributed by atoms with Gasteiger partial charge in [-0.2, -0.15) is 0 Å². The van der Waals surface area contributed by atoms with Gasteiger partial charge in [-0.25, -0.2) is 0 Å². The average Bonchev–Trinajstić information content (AvgIpc) is 2.61. The summed E-state index contributed by atoms with van der Waals surface area (Å²) in [6.07, 6.45) is 3.85. The predicted molar refractivity (Wildman–Crippen MR) is 98.6 cm³/mol. The highest BCUT2D eigenvalue weighted by atomic mass is 79.9. The third-order valence-electron chi connectivity index (χ3n) is 4.19. The van der Waals surface area contributed by atoms with Gasteiger partial charge in [0.1, 0.15) is 0 Å². The second-order valence-electron chi connectivity index (χ2n) is 6.46. The van der Waals surface area contributed by atoms with Crippen molar-refractivity contribution in [2.45, 2.75) is 39.0 Å². The van der Waals surface area contributed by atoms with E-state index >= 15 is 0 Å². The molecule has 1 aliphatic rings. The normalized spacial score (nSPS) is 15.4. The van der Waals surface area contributed by atoms with Gasteiger partial charge in [0, 0.05) is 36.0 Å². The first-order valence-corrected chi connectivity index (χ1v) is 9.37. The van der Waals surface area contributed by atoms with Gasteiger partial charge in [0.15, 0.2) is 0 Å². The fourth-order valence-corrected chi connectivity index (χ4v) is 3.07. The third-order valence-corrected chi connectivity index (χ3v) is 4.72. The number of halogens is 1. The summed E-state index contributed by atoms with van der Waals surface area (Å²) in [6, 6.07) is 6.83. The first-order valence-electron chi connectivity index (χ1n) is 8.58. The van der Waals surface area contributed by atoms with E-state index in [0.29, 0.717) is 12.0 Å². The van der Waals surface area contributed by atoms with Crippen LogP contribution in [0.2, 0.25) is 0 Å². The van der Waals surface area contributed by atoms with E-state index in [-0.39, 0.29) is 30.1 Å². The zero-order valence-corrected chi connectivity index (χ0v) is 16.0. The van der Waals surface area contributed by atoms with Crippen molar-refractivity contribution in [1.82, 2.24) is 15.8 Å². The van der Waals surface area contributed by atoms with Crippen molar-refractivity contribution >= 4 is 33.7 Å². The van der Waals surface area contributed by atoms with Crippen molar-refractivity contribution < 1.29 is 14.4 Å². The molecule has 0 unspecified atom stereocenters. The van der Waals surface area contributed by atoms with E-state index in [1.807, 2.05) is 11.8 Å². The Hall–Kier alpha value is -1.89. The number of hydrogen-bond donors (Lipinski definition) is 2. The SMILES string of the molecule is C[C@@H](CC(=O)NNC(=O)c1ccc(Br)cc1)CC(=O)N1CCCCC1. The van der Waals surface area contributed by atoms with E-state index in [2.05, 4.69) is 26.8 Å². The van der Waals surface area contributed by atoms with Gasteiger partial charge < -0.3 is 4.90 Å². The van der Waals surface area contributed by atoms with Crippen molar-refractivity contribution in [2.75, 3.05) is 13.1 Å². The summed E-state index contributed by atoms with van der Waals surface area (Å²) in [5.41, 5.74) is 5.25. The highest BCUT2D eigenvalue weighted by Gasteiger charge is 2.20. The molecule has 136 valence electrons. The van der Waals surface area contributed by atoms with Crippen LogP contribution in [-0.2, 0) is 9.59 Å². The van der Waals surface area contributed by atoms with Crippen LogP contribution in [0.3, 0.4) is 0 Å². The number of rotatable bonds is 5. The Bertz CT molecular complexity index is 612. The average molecular weight is 410 g/mol. The molecule has 1 fully saturated rings. The number of hydrazine groups is 1. The van der Waals surface area contributed by atoms with Crippen LogP contribution in [-0.4, -0.2) is 35.7 Å². The van der Waals surface area contributed by atoms with Crippen molar-refractivity contribution in [2.24, 2.45) is 5.92 Å². The number of hydrogen-bond acceptors (Lipinski definition) is 3. The van der Waals surface area contributed by atoms with Crippen LogP contribution in [0, 0.1) is 5.92 Å². The molecule has 1 atom stereocenters. The lowest BCUT2D eigenvalue weighted by atomic mass is 10.0. The van der Waals surface area contributed by atoms with Gasteiger partial charge in [0.25, 0.3) is 5.91 Å². The van der Waals surface area contributed by atoms with Crippen LogP contribution < -0.4 is 10.9 Å². The first-order chi connectivity index (χ1) is 12.0. The largest absolute Gasteiger partial charge is 0.343 e. The summed E-state index contributed by atoms with van der Waals surface area (Å²) in [4.78, 5) is 37.9. The Morgan fingerprint density at radius 3 is 2.32 bits per heavy atom. The number of nitrogens with zero attached hydrogens (tertiary/aromatic N) is 1. The number of piperidine rings is 1. The van der Waals surface area contributed by atoms with E-state index in [9.17, 15) is 14.4 Å². The van der Waals surface area contributed by atoms with Crippen molar-refractivity contribution in [3.8, 4) is 0 Å². The molecule has 0 spiro atoms. The Morgan fingerprint density at radius 2 is 1.68 bits per heavy atom. The summed E-state index contributed by atoms with van der Waals surface area (Å²) in [5.74, 6) is -0.639. The molecule has 1 aromatic carbocycles. The number of likely N-dealkylation sites (tertiary alicyclic amines) is 1. The van der Waals surface area contributed by atoms with Crippen LogP contribution in [0.4, 0.5) is 0 Å². The molecule has 0 bridgehead atoms. The summed E-state index contributed by atoms with van der Waals surface area (Å²) in [6.45, 7) is 3.51. The molecule has 7 heteroatoms. The fraction of sp³-hybridized carbons (Fsp3) is 0.500. The molecule has 1 heterocycles. The van der Waals surface area contributed by atoms with Crippen molar-refractivity contribution in [1.29, 1.82) is 0 Å². The molecule has 1 aromatic rings. The van der Waals surface area contributed by atoms with Crippen molar-refractivity contribution in [3.05, 3.63) is 34.3 Å². The molecule has 0 aromatic heterocycles. The fourth-order valence-electron chi connectivity index (χ4n) is 2.81. The van der Waals surface area contributed by atoms with Crippen LogP contribution in [0.1, 0.15) is 49.4 Å². The van der Waals surface area contributed by atoms with Gasteiger partial charge in [0.2, 0.25) is 11.8 Å². The second kappa shape index (κ2) is 9.56. The lowest BCUT2D eigenvalue weighted by Crippen LogP contribution is -2.42. The van der Waals surface area contributed by atoms with Crippen LogP contribution >= 0.6 is 15.9 Å². The molecular weight excluding hydrogens is 386 g/mol. The number of amides is 3. The summed E-state index contributed by atoms with van der Waals surface area (Å²) < 4.78 is 0.875. The van der Waals surface area contributed by atoms with E-state index in [0.717, 1.165) is 30.4 Å². The van der Waals surface area contributed by atoms with Gasteiger partial charge >= 0.3 is 0 Å². The summed E-state index contributed by atoms with van der Waals surface area (Å²) in [7, 11) is 0. The molecule has 0 radical (unpaired) electrons. The van der Waals surface area contributed by atoms with Crippen LogP contribution in [0.15, 0.2) is 28.7 Å². The standard InChI is InChI=1S/C18H24BrN3O3/c1-13(12-17(24)22-9-3-2-4-10-22)11-16(23)20-21-18(25)14-5-7-15(19)8-6-14/h5-8,13H,2-4,9-12H2,1H3,(H,20,23)(H,21,25)/t13-/m0/s1. The number of benzene rings is 1. The lowest BCUT2D eigenvalue weighted by Gasteiger charge is -2.27. The maximum absolute atomic E-state index is 12.2. The molecule has 1 aliphatic heterocycles. The predicted octanol–water partition coefficient (Wildman–Crippen LogP) is 2.64. The lowest BCUT2D eigenvalue weighted by molar-refractivity contribution is -0.133. The maximum Gasteiger partial charge on any atom is 0.269 e. The van der Waals surface area contributed by atoms with Crippen molar-refractivity contribution in [3.63, 3.8) is 0 Å². The van der Waals surface area contributed by atoms with Gasteiger partial charge in [0.05, 0.1) is 0 Å². The van der Waals surface area contributed by atoms with Gasteiger partial charge in [-0.15, -0.1) is 0 Å². The molecule has 25 heavy (non-hydrogen) atoms. The molecule has 0 aliphatic carbocycles. The minimum atomic E-state index is -0.377. The smallest absolute Gasteiger partial charge is 0.269 e. The number of carbonyl (C=O) groups is 3. The monoisotopic (exact) mass is 409 g/mol. The summed E-state index contributed by atoms with van der Waals surface area (Å²) in [5, 5.41) is 0. The van der Waals surface area contributed by atoms with Gasteiger partial charge in [-0.1, -0.05) is 22.9 Å². The first kappa shape index (κ1) is 19.4. The molecule has 1 saturated heterocycles. The highest BCUT2D eigenvalue weighted by molar-refractivity contribution is 9.10. The molecule has 3 amide bonds. The topological polar surface area (TPSA) is 78.5 Å². The van der Waals surface area contributed by atoms with Crippen LogP contribution in [0.25, 0.3) is 0 Å². The van der Waals surface area contributed by atoms with E-state index < -0.39 is 0 Å². The Labute approximate surface area is 156 Å². The molecule has 6 nitrogen and oxygen atoms in total. The second-order valence-corrected chi connectivity index (χ2v) is 7.38. The van der Waals surface area contributed by atoms with E-state index in [1.54, 1.807) is 24.3 Å². The number of nitrogens with one attached hydrogen (secondary N) is 2. The third kappa shape index (κ3) is 6.49. The Balaban J connectivity index is 1.70. The molecule has 2 rings (SSSR count). The minimum absolute atomic E-state index is 0.0704. The van der Waals surface area contributed by atoms with Gasteiger partial charge in [-0.05, 0) is 49.4 Å². The Morgan fingerprint density at radius 1 is 1.04 bits per heavy atom. The zero-order chi connectivity index (χ0) is 18.2. The maximum atomic E-state index is 12.2. The quantitative estimate of drug-likeness (QED) is 0.733.